The number of carbonyl (C=O) groups excluding carboxylic acids is 7. The Balaban J connectivity index is 5.34. The normalized spacial score (nSPS) is 15.5. The summed E-state index contributed by atoms with van der Waals surface area (Å²) < 4.78 is 0. The number of aliphatic hydroxyl groups is 1. The minimum atomic E-state index is -1.09. The Morgan fingerprint density at radius 3 is 1.67 bits per heavy atom. The molecule has 276 valence electrons. The van der Waals surface area contributed by atoms with Gasteiger partial charge < -0.3 is 54.6 Å². The predicted molar refractivity (Wildman–Crippen MR) is 179 cm³/mol. The monoisotopic (exact) mass is 685 g/mol. The van der Waals surface area contributed by atoms with Gasteiger partial charge in [0.05, 0.1) is 18.1 Å². The maximum Gasteiger partial charge on any atom is 0.243 e. The lowest BCUT2D eigenvalue weighted by atomic mass is 9.89. The average molecular weight is 686 g/mol. The van der Waals surface area contributed by atoms with Crippen molar-refractivity contribution in [2.24, 2.45) is 40.7 Å². The largest absolute Gasteiger partial charge is 0.393 e. The van der Waals surface area contributed by atoms with Gasteiger partial charge in [0.1, 0.15) is 18.1 Å². The molecule has 17 heteroatoms. The van der Waals surface area contributed by atoms with Gasteiger partial charge >= 0.3 is 0 Å². The second-order valence-electron chi connectivity index (χ2n) is 12.5. The molecule has 0 saturated carbocycles. The SMILES string of the molecule is CC(C)C[C@H](CC(=O)[C@@H](C)NC(=O)[C@H](CCN)NC(=O)CCCNC(=O)[C@@H](C)[C@@H](C)O)C(=O)N[C@@H](CCN)C(=O)N[C@@H](CCN)C(N)=O. The van der Waals surface area contributed by atoms with Gasteiger partial charge in [-0.3, -0.25) is 33.6 Å². The zero-order valence-electron chi connectivity index (χ0n) is 29.0. The fourth-order valence-corrected chi connectivity index (χ4v) is 4.66. The molecule has 0 radical (unpaired) electrons. The molecule has 0 aliphatic rings. The summed E-state index contributed by atoms with van der Waals surface area (Å²) in [6.07, 6.45) is -0.172. The maximum atomic E-state index is 13.3. The van der Waals surface area contributed by atoms with Crippen LogP contribution in [0.4, 0.5) is 0 Å². The molecular formula is C31H59N9O8. The maximum absolute atomic E-state index is 13.3. The third-order valence-electron chi connectivity index (χ3n) is 7.74. The van der Waals surface area contributed by atoms with E-state index in [4.69, 9.17) is 22.9 Å². The number of ketones is 1. The minimum absolute atomic E-state index is 0.00290. The van der Waals surface area contributed by atoms with Crippen LogP contribution in [0, 0.1) is 17.8 Å². The van der Waals surface area contributed by atoms with Crippen LogP contribution in [0.1, 0.15) is 79.6 Å². The van der Waals surface area contributed by atoms with Crippen LogP contribution in [0.5, 0.6) is 0 Å². The number of primary amides is 1. The first-order chi connectivity index (χ1) is 22.5. The van der Waals surface area contributed by atoms with E-state index in [-0.39, 0.29) is 70.1 Å². The van der Waals surface area contributed by atoms with Gasteiger partial charge in [0.2, 0.25) is 35.4 Å². The zero-order chi connectivity index (χ0) is 37.0. The van der Waals surface area contributed by atoms with E-state index in [1.54, 1.807) is 6.92 Å². The Labute approximate surface area is 283 Å². The number of aliphatic hydroxyl groups excluding tert-OH is 1. The third-order valence-corrected chi connectivity index (χ3v) is 7.74. The summed E-state index contributed by atoms with van der Waals surface area (Å²) in [5.41, 5.74) is 22.1. The molecule has 0 unspecified atom stereocenters. The van der Waals surface area contributed by atoms with Crippen molar-refractivity contribution in [3.8, 4) is 0 Å². The van der Waals surface area contributed by atoms with Crippen LogP contribution < -0.4 is 49.5 Å². The molecule has 6 amide bonds. The van der Waals surface area contributed by atoms with Crippen LogP contribution in [0.3, 0.4) is 0 Å². The highest BCUT2D eigenvalue weighted by Crippen LogP contribution is 2.18. The molecule has 0 aliphatic carbocycles. The molecule has 0 aromatic heterocycles. The summed E-state index contributed by atoms with van der Waals surface area (Å²) in [4.78, 5) is 88.6. The first-order valence-corrected chi connectivity index (χ1v) is 16.6. The fraction of sp³-hybridized carbons (Fsp3) is 0.774. The molecule has 48 heavy (non-hydrogen) atoms. The highest BCUT2D eigenvalue weighted by molar-refractivity contribution is 5.96. The molecule has 0 fully saturated rings. The van der Waals surface area contributed by atoms with Gasteiger partial charge in [-0.2, -0.15) is 0 Å². The van der Waals surface area contributed by atoms with E-state index in [2.05, 4.69) is 26.6 Å². The van der Waals surface area contributed by atoms with Gasteiger partial charge in [0.15, 0.2) is 5.78 Å². The first-order valence-electron chi connectivity index (χ1n) is 16.6. The van der Waals surface area contributed by atoms with Crippen molar-refractivity contribution in [3.63, 3.8) is 0 Å². The molecule has 0 saturated heterocycles. The van der Waals surface area contributed by atoms with E-state index in [1.165, 1.54) is 13.8 Å². The molecule has 0 aromatic rings. The summed E-state index contributed by atoms with van der Waals surface area (Å²) >= 11 is 0. The van der Waals surface area contributed by atoms with E-state index in [0.29, 0.717) is 12.8 Å². The molecule has 0 aromatic carbocycles. The fourth-order valence-electron chi connectivity index (χ4n) is 4.66. The van der Waals surface area contributed by atoms with Crippen molar-refractivity contribution in [1.29, 1.82) is 0 Å². The number of nitrogens with one attached hydrogen (secondary N) is 5. The lowest BCUT2D eigenvalue weighted by molar-refractivity contribution is -0.135. The third kappa shape index (κ3) is 17.5. The average Bonchev–Trinajstić information content (AvgIpc) is 3.00. The van der Waals surface area contributed by atoms with E-state index in [1.807, 2.05) is 13.8 Å². The number of hydrogen-bond donors (Lipinski definition) is 10. The summed E-state index contributed by atoms with van der Waals surface area (Å²) in [5.74, 6) is -5.30. The van der Waals surface area contributed by atoms with E-state index >= 15 is 0 Å². The number of hydrogen-bond acceptors (Lipinski definition) is 11. The lowest BCUT2D eigenvalue weighted by Gasteiger charge is -2.25. The Morgan fingerprint density at radius 2 is 1.17 bits per heavy atom. The molecule has 0 rings (SSSR count). The van der Waals surface area contributed by atoms with Gasteiger partial charge in [0, 0.05) is 25.3 Å². The van der Waals surface area contributed by atoms with E-state index in [9.17, 15) is 38.7 Å². The van der Waals surface area contributed by atoms with Crippen molar-refractivity contribution >= 4 is 41.2 Å². The van der Waals surface area contributed by atoms with Crippen molar-refractivity contribution in [3.05, 3.63) is 0 Å². The summed E-state index contributed by atoms with van der Waals surface area (Å²) in [6, 6.07) is -4.15. The second-order valence-corrected chi connectivity index (χ2v) is 12.5. The Hall–Kier alpha value is -3.67. The summed E-state index contributed by atoms with van der Waals surface area (Å²) in [7, 11) is 0. The number of amides is 6. The van der Waals surface area contributed by atoms with Gasteiger partial charge in [0.25, 0.3) is 0 Å². The Kier molecular flexibility index (Phi) is 21.8. The van der Waals surface area contributed by atoms with Crippen LogP contribution in [-0.4, -0.2) is 103 Å². The van der Waals surface area contributed by atoms with Crippen LogP contribution in [0.25, 0.3) is 0 Å². The number of rotatable bonds is 25. The standard InChI is InChI=1S/C31H59N9O8/c1-17(2)15-21(29(46)40-24(10-13-34)31(48)39-22(8-11-32)27(35)44)16-25(42)19(4)37-30(47)23(9-12-33)38-26(43)7-6-14-36-28(45)18(3)20(5)41/h17-24,41H,6-16,32-34H2,1-5H3,(H2,35,44)(H,36,45)(H,37,47)(H,38,43)(H,39,48)(H,40,46)/t18-,19+,20+,21+,22-,23-,24-/m0/s1. The summed E-state index contributed by atoms with van der Waals surface area (Å²) in [5, 5.41) is 22.5. The van der Waals surface area contributed by atoms with Crippen LogP contribution >= 0.6 is 0 Å². The molecule has 0 spiro atoms. The van der Waals surface area contributed by atoms with Crippen molar-refractivity contribution in [2.45, 2.75) is 110 Å². The van der Waals surface area contributed by atoms with Gasteiger partial charge in [-0.25, -0.2) is 0 Å². The molecule has 14 N–H and O–H groups in total. The Bertz CT molecular complexity index is 1070. The zero-order valence-corrected chi connectivity index (χ0v) is 29.0. The molecule has 0 heterocycles. The molecule has 7 atom stereocenters. The Morgan fingerprint density at radius 1 is 0.667 bits per heavy atom. The van der Waals surface area contributed by atoms with Crippen molar-refractivity contribution in [2.75, 3.05) is 26.2 Å². The lowest BCUT2D eigenvalue weighted by Crippen LogP contribution is -2.55. The topological polar surface area (TPSA) is 304 Å². The van der Waals surface area contributed by atoms with Crippen molar-refractivity contribution in [1.82, 2.24) is 26.6 Å². The van der Waals surface area contributed by atoms with Crippen LogP contribution in [-0.2, 0) is 33.6 Å². The number of carbonyl (C=O) groups is 7. The van der Waals surface area contributed by atoms with Crippen LogP contribution in [0.2, 0.25) is 0 Å². The quantitative estimate of drug-likeness (QED) is 0.0432. The van der Waals surface area contributed by atoms with Crippen molar-refractivity contribution < 1.29 is 38.7 Å². The highest BCUT2D eigenvalue weighted by Gasteiger charge is 2.31. The second kappa shape index (κ2) is 23.6. The first kappa shape index (κ1) is 44.3. The minimum Gasteiger partial charge on any atom is -0.393 e. The summed E-state index contributed by atoms with van der Waals surface area (Å²) in [6.45, 7) is 8.73. The van der Waals surface area contributed by atoms with Gasteiger partial charge in [-0.1, -0.05) is 20.8 Å². The molecule has 0 aliphatic heterocycles. The molecule has 0 bridgehead atoms. The van der Waals surface area contributed by atoms with Gasteiger partial charge in [-0.15, -0.1) is 0 Å². The van der Waals surface area contributed by atoms with E-state index < -0.39 is 77.4 Å². The number of Topliss-reactive ketones (excluding diaryl/α,β-unsaturated/α-hetero) is 1. The van der Waals surface area contributed by atoms with E-state index in [0.717, 1.165) is 0 Å². The number of nitrogens with two attached hydrogens (primary N) is 4. The van der Waals surface area contributed by atoms with Crippen LogP contribution in [0.15, 0.2) is 0 Å². The predicted octanol–water partition coefficient (Wildman–Crippen LogP) is -2.99. The highest BCUT2D eigenvalue weighted by atomic mass is 16.3. The molecular weight excluding hydrogens is 626 g/mol. The van der Waals surface area contributed by atoms with Gasteiger partial charge in [-0.05, 0) is 71.5 Å². The molecule has 17 nitrogen and oxygen atoms in total. The smallest absolute Gasteiger partial charge is 0.243 e.